The van der Waals surface area contributed by atoms with Gasteiger partial charge in [0.15, 0.2) is 0 Å². The van der Waals surface area contributed by atoms with Crippen LogP contribution in [0.4, 0.5) is 0 Å². The van der Waals surface area contributed by atoms with Crippen molar-refractivity contribution in [3.05, 3.63) is 65.2 Å². The maximum absolute atomic E-state index is 13.8. The van der Waals surface area contributed by atoms with Gasteiger partial charge in [0, 0.05) is 25.6 Å². The van der Waals surface area contributed by atoms with Gasteiger partial charge in [0.25, 0.3) is 0 Å². The van der Waals surface area contributed by atoms with Gasteiger partial charge < -0.3 is 31.5 Å². The van der Waals surface area contributed by atoms with Crippen molar-refractivity contribution in [2.45, 2.75) is 89.3 Å². The number of phenolic OH excluding ortho intramolecular Hbond substituents is 1. The molecule has 2 aromatic rings. The van der Waals surface area contributed by atoms with Gasteiger partial charge in [-0.2, -0.15) is 0 Å². The summed E-state index contributed by atoms with van der Waals surface area (Å²) in [5.41, 5.74) is 13.9. The number of nitrogens with zero attached hydrogens (tertiary/aromatic N) is 1. The van der Waals surface area contributed by atoms with Crippen LogP contribution in [0, 0.1) is 0 Å². The Bertz CT molecular complexity index is 1620. The summed E-state index contributed by atoms with van der Waals surface area (Å²) in [6, 6.07) is 10.3. The molecule has 0 aliphatic heterocycles. The molecule has 0 aliphatic rings. The molecule has 0 saturated heterocycles. The molecule has 0 bridgehead atoms. The van der Waals surface area contributed by atoms with E-state index in [4.69, 9.17) is 11.5 Å². The van der Waals surface area contributed by atoms with Crippen molar-refractivity contribution in [1.82, 2.24) is 15.5 Å². The molecule has 2 rings (SSSR count). The lowest BCUT2D eigenvalue weighted by Crippen LogP contribution is -2.56. The van der Waals surface area contributed by atoms with Gasteiger partial charge >= 0.3 is 5.97 Å². The summed E-state index contributed by atoms with van der Waals surface area (Å²) >= 11 is 0. The highest BCUT2D eigenvalue weighted by molar-refractivity contribution is 7.90. The number of imide groups is 1. The average Bonchev–Trinajstić information content (AvgIpc) is 3.06. The number of nitrogens with two attached hydrogens (primary N) is 2. The number of hydrogen-bond donors (Lipinski definition) is 5. The zero-order valence-corrected chi connectivity index (χ0v) is 32.2. The summed E-state index contributed by atoms with van der Waals surface area (Å²) in [4.78, 5) is 66.3. The largest absolute Gasteiger partial charge is 0.508 e. The van der Waals surface area contributed by atoms with E-state index in [0.29, 0.717) is 30.4 Å². The Morgan fingerprint density at radius 3 is 2.13 bits per heavy atom. The number of amides is 4. The Morgan fingerprint density at radius 1 is 0.885 bits per heavy atom. The Balaban J connectivity index is 0.0000135. The van der Waals surface area contributed by atoms with E-state index in [1.807, 2.05) is 20.8 Å². The lowest BCUT2D eigenvalue weighted by molar-refractivity contribution is -0.143. The molecule has 0 spiro atoms. The second kappa shape index (κ2) is 21.5. The van der Waals surface area contributed by atoms with Crippen LogP contribution in [0.5, 0.6) is 5.75 Å². The number of sulfone groups is 1. The van der Waals surface area contributed by atoms with Crippen LogP contribution in [-0.2, 0) is 56.8 Å². The fourth-order valence-corrected chi connectivity index (χ4v) is 5.97. The lowest BCUT2D eigenvalue weighted by Gasteiger charge is -2.31. The highest BCUT2D eigenvalue weighted by Crippen LogP contribution is 2.31. The van der Waals surface area contributed by atoms with E-state index in [0.717, 1.165) is 11.8 Å². The SMILES string of the molecule is COC(=O)CCCCCN(C(=O)CNC(=O)[C@@H](N)Cc1ccc(O)c(C(C)(C)C)c1)[C@@H](Cc1ccccc1)C(=O)NC(=O)C(N)CCS(C)(=O)=O.Cl. The summed E-state index contributed by atoms with van der Waals surface area (Å²) in [5.74, 6) is -3.55. The number of esters is 1. The maximum Gasteiger partial charge on any atom is 0.305 e. The van der Waals surface area contributed by atoms with Crippen LogP contribution in [-0.4, -0.2) is 98.4 Å². The summed E-state index contributed by atoms with van der Waals surface area (Å²) in [7, 11) is -2.12. The first kappa shape index (κ1) is 46.0. The highest BCUT2D eigenvalue weighted by atomic mass is 35.5. The third-order valence-corrected chi connectivity index (χ3v) is 9.21. The number of carbonyl (C=O) groups is 5. The zero-order valence-electron chi connectivity index (χ0n) is 30.6. The highest BCUT2D eigenvalue weighted by Gasteiger charge is 2.32. The van der Waals surface area contributed by atoms with Crippen LogP contribution >= 0.6 is 12.4 Å². The predicted octanol–water partition coefficient (Wildman–Crippen LogP) is 1.68. The first-order chi connectivity index (χ1) is 23.8. The van der Waals surface area contributed by atoms with Crippen molar-refractivity contribution in [3.8, 4) is 5.75 Å². The summed E-state index contributed by atoms with van der Waals surface area (Å²) in [5, 5.41) is 15.1. The van der Waals surface area contributed by atoms with Gasteiger partial charge in [0.05, 0.1) is 31.5 Å². The zero-order chi connectivity index (χ0) is 38.4. The molecule has 7 N–H and O–H groups in total. The van der Waals surface area contributed by atoms with Crippen LogP contribution in [0.2, 0.25) is 0 Å². The van der Waals surface area contributed by atoms with Crippen molar-refractivity contribution >= 4 is 51.8 Å². The molecule has 14 nitrogen and oxygen atoms in total. The number of nitrogens with one attached hydrogen (secondary N) is 2. The van der Waals surface area contributed by atoms with Crippen LogP contribution in [0.3, 0.4) is 0 Å². The second-order valence-electron chi connectivity index (χ2n) is 13.7. The molecule has 1 unspecified atom stereocenters. The van der Waals surface area contributed by atoms with Gasteiger partial charge in [-0.25, -0.2) is 8.42 Å². The third-order valence-electron chi connectivity index (χ3n) is 8.24. The topological polar surface area (TPSA) is 228 Å². The van der Waals surface area contributed by atoms with Crippen molar-refractivity contribution < 1.29 is 42.2 Å². The molecular formula is C36H54ClN5O9S. The number of benzene rings is 2. The normalized spacial score (nSPS) is 13.1. The summed E-state index contributed by atoms with van der Waals surface area (Å²) in [6.07, 6.45) is 2.47. The Hall–Kier alpha value is -4.05. The molecule has 0 fully saturated rings. The van der Waals surface area contributed by atoms with E-state index in [1.54, 1.807) is 48.5 Å². The van der Waals surface area contributed by atoms with Gasteiger partial charge in [-0.15, -0.1) is 12.4 Å². The smallest absolute Gasteiger partial charge is 0.305 e. The van der Waals surface area contributed by atoms with Crippen LogP contribution in [0.1, 0.15) is 69.6 Å². The number of unbranched alkanes of at least 4 members (excludes halogenated alkanes) is 2. The molecule has 0 saturated carbocycles. The van der Waals surface area contributed by atoms with E-state index in [1.165, 1.54) is 12.0 Å². The summed E-state index contributed by atoms with van der Waals surface area (Å²) < 4.78 is 27.9. The molecule has 52 heavy (non-hydrogen) atoms. The van der Waals surface area contributed by atoms with Crippen LogP contribution in [0.25, 0.3) is 0 Å². The monoisotopic (exact) mass is 767 g/mol. The van der Waals surface area contributed by atoms with E-state index in [-0.39, 0.29) is 67.5 Å². The van der Waals surface area contributed by atoms with Gasteiger partial charge in [-0.05, 0) is 53.9 Å². The number of ether oxygens (including phenoxy) is 1. The lowest BCUT2D eigenvalue weighted by atomic mass is 9.85. The standard InChI is InChI=1S/C36H53N5O9S.ClH/c1-36(2,3)26-20-25(15-16-30(26)42)21-28(38)33(45)39-23-31(43)41(18-11-7-10-14-32(44)50-4)29(22-24-12-8-6-9-13-24)35(47)40-34(46)27(37)17-19-51(5,48)49;/h6,8-9,12-13,15-16,20,27-29,42H,7,10-11,14,17-19,21-23,37-38H2,1-5H3,(H,39,45)(H,40,46,47);1H/t27?,28-,29-;/m0./s1. The Kier molecular flexibility index (Phi) is 19.0. The van der Waals surface area contributed by atoms with Crippen molar-refractivity contribution in [2.24, 2.45) is 11.5 Å². The quantitative estimate of drug-likeness (QED) is 0.102. The molecule has 4 amide bonds. The first-order valence-corrected chi connectivity index (χ1v) is 18.9. The van der Waals surface area contributed by atoms with E-state index >= 15 is 0 Å². The Labute approximate surface area is 312 Å². The number of carbonyl (C=O) groups excluding carboxylic acids is 5. The minimum absolute atomic E-state index is 0. The molecule has 0 heterocycles. The molecule has 290 valence electrons. The number of hydrogen-bond acceptors (Lipinski definition) is 11. The van der Waals surface area contributed by atoms with Gasteiger partial charge in [-0.3, -0.25) is 29.3 Å². The number of halogens is 1. The number of rotatable bonds is 19. The molecule has 2 aromatic carbocycles. The van der Waals surface area contributed by atoms with E-state index in [2.05, 4.69) is 15.4 Å². The van der Waals surface area contributed by atoms with Crippen LogP contribution in [0.15, 0.2) is 48.5 Å². The number of phenols is 1. The molecule has 16 heteroatoms. The molecular weight excluding hydrogens is 714 g/mol. The fraction of sp³-hybridized carbons (Fsp3) is 0.528. The molecule has 0 radical (unpaired) electrons. The number of aromatic hydroxyl groups is 1. The van der Waals surface area contributed by atoms with E-state index in [9.17, 15) is 37.5 Å². The Morgan fingerprint density at radius 2 is 1.54 bits per heavy atom. The van der Waals surface area contributed by atoms with Gasteiger partial charge in [0.2, 0.25) is 23.6 Å². The van der Waals surface area contributed by atoms with E-state index < -0.39 is 58.1 Å². The fourth-order valence-electron chi connectivity index (χ4n) is 5.29. The minimum atomic E-state index is -3.41. The third kappa shape index (κ3) is 16.1. The minimum Gasteiger partial charge on any atom is -0.508 e. The van der Waals surface area contributed by atoms with Gasteiger partial charge in [0.1, 0.15) is 21.6 Å². The van der Waals surface area contributed by atoms with Crippen molar-refractivity contribution in [1.29, 1.82) is 0 Å². The molecule has 0 aromatic heterocycles. The maximum atomic E-state index is 13.8. The first-order valence-electron chi connectivity index (χ1n) is 16.9. The second-order valence-corrected chi connectivity index (χ2v) is 15.9. The van der Waals surface area contributed by atoms with Crippen LogP contribution < -0.4 is 22.1 Å². The molecule has 0 aliphatic carbocycles. The number of methoxy groups -OCH3 is 1. The van der Waals surface area contributed by atoms with Crippen molar-refractivity contribution in [3.63, 3.8) is 0 Å². The van der Waals surface area contributed by atoms with Crippen molar-refractivity contribution in [2.75, 3.05) is 32.2 Å². The summed E-state index contributed by atoms with van der Waals surface area (Å²) in [6.45, 7) is 5.39. The molecule has 3 atom stereocenters. The average molecular weight is 768 g/mol. The van der Waals surface area contributed by atoms with Gasteiger partial charge in [-0.1, -0.05) is 69.7 Å². The predicted molar refractivity (Wildman–Crippen MR) is 200 cm³/mol.